The SMILES string of the molecule is CCCCc1ccc(O)c(C(=C(Br)Br)c2cc(CCCC)ccc2O)c1. The number of hydrogen-bond donors (Lipinski definition) is 2. The molecule has 0 bridgehead atoms. The smallest absolute Gasteiger partial charge is 0.123 e. The van der Waals surface area contributed by atoms with Crippen LogP contribution in [0.1, 0.15) is 61.8 Å². The van der Waals surface area contributed by atoms with Crippen LogP contribution in [-0.2, 0) is 12.8 Å². The van der Waals surface area contributed by atoms with Crippen LogP contribution < -0.4 is 0 Å². The molecule has 2 aromatic carbocycles. The van der Waals surface area contributed by atoms with Gasteiger partial charge in [0.2, 0.25) is 0 Å². The molecule has 2 N–H and O–H groups in total. The second-order valence-electron chi connectivity index (χ2n) is 6.55. The molecule has 140 valence electrons. The van der Waals surface area contributed by atoms with E-state index in [1.165, 1.54) is 11.1 Å². The lowest BCUT2D eigenvalue weighted by Crippen LogP contribution is -1.95. The largest absolute Gasteiger partial charge is 0.507 e. The maximum absolute atomic E-state index is 10.5. The highest BCUT2D eigenvalue weighted by Gasteiger charge is 2.17. The summed E-state index contributed by atoms with van der Waals surface area (Å²) in [5.41, 5.74) is 4.55. The Balaban J connectivity index is 2.53. The fourth-order valence-electron chi connectivity index (χ4n) is 2.99. The molecule has 0 aliphatic carbocycles. The monoisotopic (exact) mass is 480 g/mol. The maximum atomic E-state index is 10.5. The molecule has 2 nitrogen and oxygen atoms in total. The minimum atomic E-state index is 0.204. The van der Waals surface area contributed by atoms with Gasteiger partial charge in [-0.3, -0.25) is 0 Å². The Morgan fingerprint density at radius 2 is 1.19 bits per heavy atom. The number of rotatable bonds is 8. The van der Waals surface area contributed by atoms with Crippen LogP contribution in [0, 0.1) is 0 Å². The predicted octanol–water partition coefficient (Wildman–Crippen LogP) is 7.29. The van der Waals surface area contributed by atoms with Gasteiger partial charge in [-0.25, -0.2) is 0 Å². The molecule has 0 aromatic heterocycles. The minimum Gasteiger partial charge on any atom is -0.507 e. The Morgan fingerprint density at radius 3 is 1.54 bits per heavy atom. The fraction of sp³-hybridized carbons (Fsp3) is 0.364. The van der Waals surface area contributed by atoms with Gasteiger partial charge in [0.15, 0.2) is 0 Å². The van der Waals surface area contributed by atoms with E-state index in [4.69, 9.17) is 0 Å². The van der Waals surface area contributed by atoms with Gasteiger partial charge >= 0.3 is 0 Å². The van der Waals surface area contributed by atoms with E-state index in [1.54, 1.807) is 12.1 Å². The van der Waals surface area contributed by atoms with Crippen molar-refractivity contribution in [2.24, 2.45) is 0 Å². The minimum absolute atomic E-state index is 0.204. The number of aromatic hydroxyl groups is 2. The molecule has 0 saturated carbocycles. The molecule has 0 aliphatic rings. The Morgan fingerprint density at radius 1 is 0.769 bits per heavy atom. The lowest BCUT2D eigenvalue weighted by atomic mass is 9.93. The van der Waals surface area contributed by atoms with Gasteiger partial charge in [0.05, 0.1) is 3.39 Å². The molecule has 2 aromatic rings. The van der Waals surface area contributed by atoms with Gasteiger partial charge < -0.3 is 10.2 Å². The number of halogens is 2. The summed E-state index contributed by atoms with van der Waals surface area (Å²) in [6.45, 7) is 4.34. The van der Waals surface area contributed by atoms with E-state index in [2.05, 4.69) is 45.7 Å². The molecule has 0 aliphatic heterocycles. The predicted molar refractivity (Wildman–Crippen MR) is 117 cm³/mol. The van der Waals surface area contributed by atoms with Crippen LogP contribution in [0.2, 0.25) is 0 Å². The first-order valence-electron chi connectivity index (χ1n) is 9.17. The topological polar surface area (TPSA) is 40.5 Å². The Kier molecular flexibility index (Phi) is 8.23. The molecular weight excluding hydrogens is 456 g/mol. The van der Waals surface area contributed by atoms with Crippen LogP contribution in [0.5, 0.6) is 11.5 Å². The summed E-state index contributed by atoms with van der Waals surface area (Å²) in [4.78, 5) is 0. The van der Waals surface area contributed by atoms with Crippen LogP contribution in [0.15, 0.2) is 39.8 Å². The van der Waals surface area contributed by atoms with E-state index in [0.717, 1.165) is 44.1 Å². The van der Waals surface area contributed by atoms with E-state index in [0.29, 0.717) is 14.5 Å². The maximum Gasteiger partial charge on any atom is 0.123 e. The van der Waals surface area contributed by atoms with Crippen molar-refractivity contribution in [1.29, 1.82) is 0 Å². The number of aryl methyl sites for hydroxylation is 2. The van der Waals surface area contributed by atoms with Gasteiger partial charge in [0, 0.05) is 16.7 Å². The standard InChI is InChI=1S/C22H26Br2O2/c1-3-5-7-15-9-11-19(25)17(13-15)21(22(23)24)18-14-16(8-6-4-2)10-12-20(18)26/h9-14,25-26H,3-8H2,1-2H3. The number of hydrogen-bond acceptors (Lipinski definition) is 2. The van der Waals surface area contributed by atoms with Crippen molar-refractivity contribution in [2.45, 2.75) is 52.4 Å². The molecule has 0 atom stereocenters. The summed E-state index contributed by atoms with van der Waals surface area (Å²) in [6, 6.07) is 11.4. The second-order valence-corrected chi connectivity index (χ2v) is 9.20. The number of benzene rings is 2. The van der Waals surface area contributed by atoms with Gasteiger partial charge in [-0.1, -0.05) is 38.8 Å². The molecule has 0 radical (unpaired) electrons. The third kappa shape index (κ3) is 5.37. The van der Waals surface area contributed by atoms with Crippen LogP contribution in [0.3, 0.4) is 0 Å². The zero-order chi connectivity index (χ0) is 19.1. The molecule has 2 rings (SSSR count). The van der Waals surface area contributed by atoms with Crippen LogP contribution in [-0.4, -0.2) is 10.2 Å². The molecule has 0 heterocycles. The van der Waals surface area contributed by atoms with E-state index in [1.807, 2.05) is 24.3 Å². The zero-order valence-corrected chi connectivity index (χ0v) is 18.5. The lowest BCUT2D eigenvalue weighted by molar-refractivity contribution is 0.470. The molecule has 0 spiro atoms. The Labute approximate surface area is 173 Å². The summed E-state index contributed by atoms with van der Waals surface area (Å²) in [6.07, 6.45) is 6.41. The molecule has 0 fully saturated rings. The van der Waals surface area contributed by atoms with E-state index >= 15 is 0 Å². The summed E-state index contributed by atoms with van der Waals surface area (Å²) in [5.74, 6) is 0.407. The summed E-state index contributed by atoms with van der Waals surface area (Å²) in [5, 5.41) is 21.0. The third-order valence-electron chi connectivity index (χ3n) is 4.49. The molecule has 0 amide bonds. The summed E-state index contributed by atoms with van der Waals surface area (Å²) >= 11 is 7.02. The summed E-state index contributed by atoms with van der Waals surface area (Å²) < 4.78 is 0.705. The van der Waals surface area contributed by atoms with E-state index in [9.17, 15) is 10.2 Å². The molecule has 26 heavy (non-hydrogen) atoms. The quantitative estimate of drug-likeness (QED) is 0.415. The van der Waals surface area contributed by atoms with Crippen LogP contribution in [0.4, 0.5) is 0 Å². The van der Waals surface area contributed by atoms with Crippen molar-refractivity contribution < 1.29 is 10.2 Å². The van der Waals surface area contributed by atoms with Crippen LogP contribution in [0.25, 0.3) is 5.57 Å². The number of phenolic OH excluding ortho intramolecular Hbond substituents is 2. The van der Waals surface area contributed by atoms with Gasteiger partial charge in [-0.15, -0.1) is 0 Å². The van der Waals surface area contributed by atoms with Gasteiger partial charge in [-0.05, 0) is 92.9 Å². The second kappa shape index (κ2) is 10.2. The van der Waals surface area contributed by atoms with Crippen molar-refractivity contribution in [3.63, 3.8) is 0 Å². The van der Waals surface area contributed by atoms with E-state index < -0.39 is 0 Å². The first kappa shape index (κ1) is 21.0. The van der Waals surface area contributed by atoms with Crippen molar-refractivity contribution in [2.75, 3.05) is 0 Å². The number of unbranched alkanes of at least 4 members (excludes halogenated alkanes) is 2. The average Bonchev–Trinajstić information content (AvgIpc) is 2.62. The van der Waals surface area contributed by atoms with Crippen molar-refractivity contribution in [1.82, 2.24) is 0 Å². The van der Waals surface area contributed by atoms with Gasteiger partial charge in [0.25, 0.3) is 0 Å². The Bertz CT molecular complexity index is 718. The van der Waals surface area contributed by atoms with Crippen LogP contribution >= 0.6 is 31.9 Å². The molecule has 0 unspecified atom stereocenters. The fourth-order valence-corrected chi connectivity index (χ4v) is 3.84. The number of phenols is 2. The normalized spacial score (nSPS) is 10.8. The van der Waals surface area contributed by atoms with Crippen molar-refractivity contribution in [3.8, 4) is 11.5 Å². The summed E-state index contributed by atoms with van der Waals surface area (Å²) in [7, 11) is 0. The third-order valence-corrected chi connectivity index (χ3v) is 5.28. The first-order chi connectivity index (χ1) is 12.5. The molecule has 0 saturated heterocycles. The molecular formula is C22H26Br2O2. The highest BCUT2D eigenvalue weighted by molar-refractivity contribution is 9.28. The van der Waals surface area contributed by atoms with E-state index in [-0.39, 0.29) is 11.5 Å². The average molecular weight is 482 g/mol. The highest BCUT2D eigenvalue weighted by Crippen LogP contribution is 2.41. The molecule has 4 heteroatoms. The van der Waals surface area contributed by atoms with Gasteiger partial charge in [-0.2, -0.15) is 0 Å². The highest BCUT2D eigenvalue weighted by atomic mass is 79.9. The zero-order valence-electron chi connectivity index (χ0n) is 15.4. The van der Waals surface area contributed by atoms with Gasteiger partial charge in [0.1, 0.15) is 11.5 Å². The Hall–Kier alpha value is -1.26. The van der Waals surface area contributed by atoms with Crippen molar-refractivity contribution >= 4 is 37.4 Å². The van der Waals surface area contributed by atoms with Crippen molar-refractivity contribution in [3.05, 3.63) is 62.0 Å². The lowest BCUT2D eigenvalue weighted by Gasteiger charge is -2.15. The first-order valence-corrected chi connectivity index (χ1v) is 10.8.